The molecule has 4 rings (SSSR count). The van der Waals surface area contributed by atoms with Crippen molar-refractivity contribution in [2.24, 2.45) is 0 Å². The van der Waals surface area contributed by atoms with Crippen LogP contribution in [0.2, 0.25) is 0 Å². The minimum atomic E-state index is -0.949. The lowest BCUT2D eigenvalue weighted by Crippen LogP contribution is -2.29. The number of Topliss-reactive ketones (excluding diaryl/α,β-unsaturated/α-hetero) is 1. The Morgan fingerprint density at radius 2 is 1.77 bits per heavy atom. The molecule has 2 heterocycles. The summed E-state index contributed by atoms with van der Waals surface area (Å²) < 4.78 is 14.2. The topological polar surface area (TPSA) is 83.4 Å². The largest absolute Gasteiger partial charge is 0.507 e. The average Bonchev–Trinajstić information content (AvgIpc) is 3.31. The number of rotatable bonds is 4. The minimum absolute atomic E-state index is 0.0728. The number of ketones is 1. The fraction of sp³-hybridized carbons (Fsp3) is 0.143. The Balaban J connectivity index is 1.92. The lowest BCUT2D eigenvalue weighted by Gasteiger charge is -2.22. The first-order valence-electron chi connectivity index (χ1n) is 8.91. The number of aliphatic hydroxyl groups excluding tert-OH is 1. The molecule has 30 heavy (non-hydrogen) atoms. The summed E-state index contributed by atoms with van der Waals surface area (Å²) >= 11 is 2.53. The normalized spacial score (nSPS) is 18.2. The molecule has 1 aliphatic rings. The summed E-state index contributed by atoms with van der Waals surface area (Å²) in [5.41, 5.74) is 1.80. The molecule has 1 saturated heterocycles. The second-order valence-electron chi connectivity index (χ2n) is 6.64. The van der Waals surface area contributed by atoms with Gasteiger partial charge < -0.3 is 5.11 Å². The lowest BCUT2D eigenvalue weighted by atomic mass is 9.95. The molecule has 1 N–H and O–H groups in total. The van der Waals surface area contributed by atoms with Gasteiger partial charge in [-0.1, -0.05) is 65.1 Å². The van der Waals surface area contributed by atoms with Crippen molar-refractivity contribution in [3.05, 3.63) is 76.6 Å². The van der Waals surface area contributed by atoms with Crippen molar-refractivity contribution in [3.63, 3.8) is 0 Å². The smallest absolute Gasteiger partial charge is 0.301 e. The van der Waals surface area contributed by atoms with Crippen LogP contribution in [0, 0.1) is 12.7 Å². The van der Waals surface area contributed by atoms with Crippen molar-refractivity contribution in [3.8, 4) is 0 Å². The van der Waals surface area contributed by atoms with Crippen LogP contribution in [0.15, 0.2) is 58.4 Å². The molecule has 0 aliphatic carbocycles. The summed E-state index contributed by atoms with van der Waals surface area (Å²) in [7, 11) is 0. The Morgan fingerprint density at radius 3 is 2.37 bits per heavy atom. The summed E-state index contributed by atoms with van der Waals surface area (Å²) in [6.45, 7) is 1.90. The molecule has 152 valence electrons. The van der Waals surface area contributed by atoms with Crippen molar-refractivity contribution in [2.75, 3.05) is 11.2 Å². The summed E-state index contributed by atoms with van der Waals surface area (Å²) in [6.07, 6.45) is 1.83. The predicted octanol–water partition coefficient (Wildman–Crippen LogP) is 4.33. The van der Waals surface area contributed by atoms with E-state index in [0.29, 0.717) is 15.5 Å². The molecule has 9 heteroatoms. The van der Waals surface area contributed by atoms with E-state index in [1.165, 1.54) is 40.9 Å². The second-order valence-corrected chi connectivity index (χ2v) is 8.65. The van der Waals surface area contributed by atoms with E-state index in [1.54, 1.807) is 24.3 Å². The van der Waals surface area contributed by atoms with E-state index in [1.807, 2.05) is 13.2 Å². The number of carbonyl (C=O) groups excluding carboxylic acids is 2. The number of benzene rings is 2. The SMILES string of the molecule is CSc1nnc(N2C(=O)C(=O)/C(=C(/O)c3ccc(C)cc3)[C@H]2c2ccc(F)cc2)s1. The molecule has 2 aromatic carbocycles. The molecule has 6 nitrogen and oxygen atoms in total. The van der Waals surface area contributed by atoms with Gasteiger partial charge in [-0.25, -0.2) is 4.39 Å². The highest BCUT2D eigenvalue weighted by Gasteiger charge is 2.48. The van der Waals surface area contributed by atoms with Gasteiger partial charge in [0, 0.05) is 5.56 Å². The van der Waals surface area contributed by atoms with E-state index in [0.717, 1.165) is 16.9 Å². The van der Waals surface area contributed by atoms with Crippen LogP contribution in [-0.2, 0) is 9.59 Å². The van der Waals surface area contributed by atoms with Gasteiger partial charge in [0.25, 0.3) is 5.78 Å². The van der Waals surface area contributed by atoms with Crippen LogP contribution in [0.4, 0.5) is 9.52 Å². The summed E-state index contributed by atoms with van der Waals surface area (Å²) in [6, 6.07) is 11.5. The molecule has 0 saturated carbocycles. The van der Waals surface area contributed by atoms with Gasteiger partial charge in [-0.2, -0.15) is 0 Å². The molecule has 1 aromatic heterocycles. The lowest BCUT2D eigenvalue weighted by molar-refractivity contribution is -0.132. The molecule has 1 amide bonds. The summed E-state index contributed by atoms with van der Waals surface area (Å²) in [5, 5.41) is 19.3. The van der Waals surface area contributed by atoms with E-state index < -0.39 is 23.5 Å². The maximum atomic E-state index is 13.5. The highest BCUT2D eigenvalue weighted by Crippen LogP contribution is 2.43. The van der Waals surface area contributed by atoms with Gasteiger partial charge in [0.15, 0.2) is 4.34 Å². The number of halogens is 1. The first-order valence-corrected chi connectivity index (χ1v) is 11.0. The summed E-state index contributed by atoms with van der Waals surface area (Å²) in [4.78, 5) is 27.1. The third-order valence-electron chi connectivity index (χ3n) is 4.73. The molecule has 0 radical (unpaired) electrons. The molecule has 0 unspecified atom stereocenters. The van der Waals surface area contributed by atoms with Gasteiger partial charge in [-0.05, 0) is 30.9 Å². The minimum Gasteiger partial charge on any atom is -0.507 e. The number of thioether (sulfide) groups is 1. The molecule has 0 spiro atoms. The number of hydrogen-bond donors (Lipinski definition) is 1. The number of aryl methyl sites for hydroxylation is 1. The first-order chi connectivity index (χ1) is 14.4. The number of hydrogen-bond acceptors (Lipinski definition) is 7. The van der Waals surface area contributed by atoms with Crippen molar-refractivity contribution in [1.29, 1.82) is 0 Å². The van der Waals surface area contributed by atoms with Crippen molar-refractivity contribution in [2.45, 2.75) is 17.3 Å². The molecular formula is C21H16FN3O3S2. The van der Waals surface area contributed by atoms with E-state index in [4.69, 9.17) is 0 Å². The van der Waals surface area contributed by atoms with E-state index >= 15 is 0 Å². The van der Waals surface area contributed by atoms with Gasteiger partial charge in [0.2, 0.25) is 5.13 Å². The van der Waals surface area contributed by atoms with E-state index in [2.05, 4.69) is 10.2 Å². The monoisotopic (exact) mass is 441 g/mol. The predicted molar refractivity (Wildman–Crippen MR) is 114 cm³/mol. The zero-order chi connectivity index (χ0) is 21.4. The quantitative estimate of drug-likeness (QED) is 0.213. The van der Waals surface area contributed by atoms with Gasteiger partial charge in [-0.15, -0.1) is 10.2 Å². The second kappa shape index (κ2) is 8.00. The first kappa shape index (κ1) is 20.2. The number of aromatic nitrogens is 2. The van der Waals surface area contributed by atoms with Crippen LogP contribution in [0.3, 0.4) is 0 Å². The van der Waals surface area contributed by atoms with Gasteiger partial charge in [0.05, 0.1) is 11.6 Å². The number of anilines is 1. The van der Waals surface area contributed by atoms with Crippen LogP contribution in [-0.4, -0.2) is 33.3 Å². The fourth-order valence-electron chi connectivity index (χ4n) is 3.24. The zero-order valence-corrected chi connectivity index (χ0v) is 17.6. The highest BCUT2D eigenvalue weighted by molar-refractivity contribution is 8.00. The van der Waals surface area contributed by atoms with E-state index in [-0.39, 0.29) is 16.5 Å². The number of nitrogens with zero attached hydrogens (tertiary/aromatic N) is 3. The van der Waals surface area contributed by atoms with Gasteiger partial charge >= 0.3 is 5.91 Å². The Bertz CT molecular complexity index is 1160. The Kier molecular flexibility index (Phi) is 5.40. The molecular weight excluding hydrogens is 425 g/mol. The maximum absolute atomic E-state index is 13.5. The van der Waals surface area contributed by atoms with Crippen LogP contribution < -0.4 is 4.90 Å². The van der Waals surface area contributed by atoms with Crippen LogP contribution in [0.5, 0.6) is 0 Å². The molecule has 0 bridgehead atoms. The van der Waals surface area contributed by atoms with Crippen LogP contribution in [0.25, 0.3) is 5.76 Å². The maximum Gasteiger partial charge on any atom is 0.301 e. The number of aliphatic hydroxyl groups is 1. The van der Waals surface area contributed by atoms with Gasteiger partial charge in [-0.3, -0.25) is 14.5 Å². The molecule has 1 atom stereocenters. The van der Waals surface area contributed by atoms with Crippen LogP contribution >= 0.6 is 23.1 Å². The third-order valence-corrected chi connectivity index (χ3v) is 6.63. The van der Waals surface area contributed by atoms with Crippen molar-refractivity contribution < 1.29 is 19.1 Å². The Hall–Kier alpha value is -3.04. The van der Waals surface area contributed by atoms with Crippen molar-refractivity contribution in [1.82, 2.24) is 10.2 Å². The Labute approximate surface area is 180 Å². The molecule has 1 aliphatic heterocycles. The standard InChI is InChI=1S/C21H16FN3O3S2/c1-11-3-5-13(6-4-11)17(26)15-16(12-7-9-14(22)10-8-12)25(19(28)18(15)27)20-23-24-21(29-2)30-20/h3-10,16,26H,1-2H3/b17-15+/t16-/m1/s1. The van der Waals surface area contributed by atoms with E-state index in [9.17, 15) is 19.1 Å². The van der Waals surface area contributed by atoms with Crippen molar-refractivity contribution >= 4 is 45.7 Å². The molecule has 1 fully saturated rings. The van der Waals surface area contributed by atoms with Crippen LogP contribution in [0.1, 0.15) is 22.7 Å². The zero-order valence-electron chi connectivity index (χ0n) is 16.0. The average molecular weight is 442 g/mol. The Morgan fingerprint density at radius 1 is 1.10 bits per heavy atom. The summed E-state index contributed by atoms with van der Waals surface area (Å²) in [5.74, 6) is -2.39. The number of carbonyl (C=O) groups is 2. The van der Waals surface area contributed by atoms with Gasteiger partial charge in [0.1, 0.15) is 11.6 Å². The number of amides is 1. The highest BCUT2D eigenvalue weighted by atomic mass is 32.2. The fourth-order valence-corrected chi connectivity index (χ4v) is 4.53. The molecule has 3 aromatic rings. The third kappa shape index (κ3) is 3.50.